The molecule has 0 fully saturated rings. The third kappa shape index (κ3) is 6.68. The first kappa shape index (κ1) is 18.9. The van der Waals surface area contributed by atoms with E-state index in [1.807, 2.05) is 24.3 Å². The summed E-state index contributed by atoms with van der Waals surface area (Å²) in [4.78, 5) is 0. The zero-order valence-corrected chi connectivity index (χ0v) is 11.8. The number of nitrogens with two attached hydrogens (primary N) is 1. The second kappa shape index (κ2) is 10.3. The molecule has 0 aliphatic heterocycles. The fraction of sp³-hybridized carbons (Fsp3) is 0.143. The molecule has 1 nitrogen and oxygen atoms in total. The fourth-order valence-corrected chi connectivity index (χ4v) is 0.877. The van der Waals surface area contributed by atoms with Gasteiger partial charge in [-0.05, 0) is 17.7 Å². The van der Waals surface area contributed by atoms with Crippen LogP contribution in [0.25, 0.3) is 0 Å². The van der Waals surface area contributed by atoms with Crippen LogP contribution in [0.5, 0.6) is 0 Å². The van der Waals surface area contributed by atoms with Crippen molar-refractivity contribution >= 4 is 34.7 Å². The summed E-state index contributed by atoms with van der Waals surface area (Å²) >= 11 is 5.67. The maximum absolute atomic E-state index is 5.67. The fourth-order valence-electron chi connectivity index (χ4n) is 0.664. The van der Waals surface area contributed by atoms with E-state index in [1.165, 1.54) is 0 Å². The number of benzene rings is 1. The van der Waals surface area contributed by atoms with Crippen molar-refractivity contribution in [2.24, 2.45) is 5.73 Å². The number of hydrogen-bond donors (Lipinski definition) is 1. The van der Waals surface area contributed by atoms with Gasteiger partial charge < -0.3 is 39.7 Å². The van der Waals surface area contributed by atoms with Gasteiger partial charge in [-0.2, -0.15) is 0 Å². The molecule has 0 spiro atoms. The predicted molar refractivity (Wildman–Crippen MR) is 45.1 cm³/mol. The van der Waals surface area contributed by atoms with Crippen LogP contribution in [0.4, 0.5) is 0 Å². The van der Waals surface area contributed by atoms with Crippen molar-refractivity contribution in [3.63, 3.8) is 0 Å². The van der Waals surface area contributed by atoms with E-state index in [9.17, 15) is 0 Å². The van der Waals surface area contributed by atoms with E-state index >= 15 is 0 Å². The van der Waals surface area contributed by atoms with E-state index in [4.69, 9.17) is 17.3 Å². The minimum absolute atomic E-state index is 0. The minimum atomic E-state index is 0. The Kier molecular flexibility index (Phi) is 16.2. The van der Waals surface area contributed by atoms with Gasteiger partial charge in [-0.15, -0.1) is 0 Å². The predicted octanol–water partition coefficient (Wildman–Crippen LogP) is -4.57. The quantitative estimate of drug-likeness (QED) is 0.517. The van der Waals surface area contributed by atoms with Crippen molar-refractivity contribution in [3.05, 3.63) is 34.9 Å². The molecule has 1 rings (SSSR count). The summed E-state index contributed by atoms with van der Waals surface area (Å²) in [5, 5.41) is 0.748. The van der Waals surface area contributed by atoms with Crippen LogP contribution < -0.4 is 39.7 Å². The van der Waals surface area contributed by atoms with Crippen molar-refractivity contribution in [2.45, 2.75) is 6.54 Å². The zero-order chi connectivity index (χ0) is 6.69. The molecule has 2 N–H and O–H groups in total. The summed E-state index contributed by atoms with van der Waals surface area (Å²) < 4.78 is 0. The first-order valence-electron chi connectivity index (χ1n) is 2.77. The zero-order valence-electron chi connectivity index (χ0n) is 6.43. The van der Waals surface area contributed by atoms with E-state index < -0.39 is 0 Å². The van der Waals surface area contributed by atoms with E-state index in [-0.39, 0.29) is 57.0 Å². The first-order chi connectivity index (χ1) is 4.33. The van der Waals surface area contributed by atoms with Crippen molar-refractivity contribution in [3.8, 4) is 0 Å². The van der Waals surface area contributed by atoms with Crippen LogP contribution in [0.1, 0.15) is 5.56 Å². The second-order valence-corrected chi connectivity index (χ2v) is 2.27. The molecule has 0 heterocycles. The molecular weight excluding hydrogens is 318 g/mol. The van der Waals surface area contributed by atoms with Gasteiger partial charge >= 0.3 is 23.1 Å². The first-order valence-corrected chi connectivity index (χ1v) is 3.15. The summed E-state index contributed by atoms with van der Waals surface area (Å²) in [6.07, 6.45) is 0. The van der Waals surface area contributed by atoms with Gasteiger partial charge in [-0.1, -0.05) is 23.7 Å². The molecule has 0 atom stereocenters. The average Bonchev–Trinajstić information content (AvgIpc) is 1.88. The van der Waals surface area contributed by atoms with Gasteiger partial charge in [0.1, 0.15) is 0 Å². The molecule has 0 bridgehead atoms. The molecule has 12 heavy (non-hydrogen) atoms. The summed E-state index contributed by atoms with van der Waals surface area (Å²) in [7, 11) is 0. The van der Waals surface area contributed by atoms with Crippen molar-refractivity contribution in [2.75, 3.05) is 0 Å². The van der Waals surface area contributed by atoms with Gasteiger partial charge in [0.25, 0.3) is 0 Å². The summed E-state index contributed by atoms with van der Waals surface area (Å²) in [5.41, 5.74) is 6.43. The Balaban J connectivity index is -0.000000270. The number of halogens is 3. The standard InChI is InChI=1S/C7H8ClN.2BrH.Mg/c8-7-3-1-2-6(4-7)5-9;;;/h1-4H,5,9H2;2*1H;/q;;;+2/p-2. The van der Waals surface area contributed by atoms with Crippen LogP contribution in [0.2, 0.25) is 5.02 Å². The normalized spacial score (nSPS) is 7.17. The molecule has 0 radical (unpaired) electrons. The van der Waals surface area contributed by atoms with Crippen molar-refractivity contribution in [1.29, 1.82) is 0 Å². The third-order valence-corrected chi connectivity index (χ3v) is 1.36. The summed E-state index contributed by atoms with van der Waals surface area (Å²) in [5.74, 6) is 0. The molecule has 0 saturated carbocycles. The van der Waals surface area contributed by atoms with Crippen LogP contribution in [0.3, 0.4) is 0 Å². The number of rotatable bonds is 1. The maximum atomic E-state index is 5.67. The Bertz CT molecular complexity index is 210. The summed E-state index contributed by atoms with van der Waals surface area (Å²) in [6.45, 7) is 0.556. The maximum Gasteiger partial charge on any atom is 2.00 e. The molecular formula is C7H8Br2ClMgN. The van der Waals surface area contributed by atoms with Gasteiger partial charge in [-0.25, -0.2) is 0 Å². The second-order valence-electron chi connectivity index (χ2n) is 1.83. The van der Waals surface area contributed by atoms with Gasteiger partial charge in [0, 0.05) is 11.6 Å². The Morgan fingerprint density at radius 3 is 2.17 bits per heavy atom. The molecule has 5 heteroatoms. The topological polar surface area (TPSA) is 26.0 Å². The molecule has 0 aliphatic carbocycles. The van der Waals surface area contributed by atoms with Gasteiger partial charge in [0.05, 0.1) is 0 Å². The Labute approximate surface area is 115 Å². The Morgan fingerprint density at radius 1 is 1.25 bits per heavy atom. The van der Waals surface area contributed by atoms with E-state index in [2.05, 4.69) is 0 Å². The van der Waals surface area contributed by atoms with Gasteiger partial charge in [0.15, 0.2) is 0 Å². The molecule has 64 valence electrons. The molecule has 0 unspecified atom stereocenters. The molecule has 0 aromatic heterocycles. The van der Waals surface area contributed by atoms with Crippen LogP contribution >= 0.6 is 11.6 Å². The smallest absolute Gasteiger partial charge is 1.00 e. The monoisotopic (exact) mass is 323 g/mol. The Hall–Kier alpha value is 1.20. The SMILES string of the molecule is NCc1cccc(Cl)c1.[Br-].[Br-].[Mg+2]. The molecule has 1 aromatic carbocycles. The molecule has 0 aliphatic rings. The van der Waals surface area contributed by atoms with Crippen LogP contribution in [-0.4, -0.2) is 23.1 Å². The van der Waals surface area contributed by atoms with E-state index in [1.54, 1.807) is 0 Å². The van der Waals surface area contributed by atoms with Crippen molar-refractivity contribution < 1.29 is 34.0 Å². The van der Waals surface area contributed by atoms with Crippen molar-refractivity contribution in [1.82, 2.24) is 0 Å². The molecule has 0 amide bonds. The van der Waals surface area contributed by atoms with Crippen LogP contribution in [-0.2, 0) is 6.54 Å². The van der Waals surface area contributed by atoms with E-state index in [0.29, 0.717) is 6.54 Å². The van der Waals surface area contributed by atoms with E-state index in [0.717, 1.165) is 10.6 Å². The molecule has 0 saturated heterocycles. The minimum Gasteiger partial charge on any atom is -1.00 e. The van der Waals surface area contributed by atoms with Crippen LogP contribution in [0.15, 0.2) is 24.3 Å². The van der Waals surface area contributed by atoms with Gasteiger partial charge in [0.2, 0.25) is 0 Å². The third-order valence-electron chi connectivity index (χ3n) is 1.12. The Morgan fingerprint density at radius 2 is 1.83 bits per heavy atom. The van der Waals surface area contributed by atoms with Crippen LogP contribution in [0, 0.1) is 0 Å². The number of hydrogen-bond acceptors (Lipinski definition) is 1. The largest absolute Gasteiger partial charge is 2.00 e. The van der Waals surface area contributed by atoms with Gasteiger partial charge in [-0.3, -0.25) is 0 Å². The molecule has 1 aromatic rings. The summed E-state index contributed by atoms with van der Waals surface area (Å²) in [6, 6.07) is 7.54. The average molecular weight is 326 g/mol.